The highest BCUT2D eigenvalue weighted by atomic mass is 32.1. The van der Waals surface area contributed by atoms with Crippen LogP contribution in [0.25, 0.3) is 16.0 Å². The molecular weight excluding hydrogens is 364 g/mol. The molecule has 0 atom stereocenters. The van der Waals surface area contributed by atoms with Crippen LogP contribution in [0.5, 0.6) is 17.2 Å². The molecule has 1 N–H and O–H groups in total. The number of hydrogen-bond acceptors (Lipinski definition) is 7. The van der Waals surface area contributed by atoms with E-state index >= 15 is 0 Å². The van der Waals surface area contributed by atoms with E-state index in [0.29, 0.717) is 23.2 Å². The van der Waals surface area contributed by atoms with Crippen LogP contribution in [-0.2, 0) is 0 Å². The van der Waals surface area contributed by atoms with E-state index in [2.05, 4.69) is 21.4 Å². The Balaban J connectivity index is 1.72. The Bertz CT molecular complexity index is 1050. The van der Waals surface area contributed by atoms with E-state index in [9.17, 15) is 0 Å². The molecule has 0 saturated carbocycles. The highest BCUT2D eigenvalue weighted by Gasteiger charge is 2.14. The predicted octanol–water partition coefficient (Wildman–Crippen LogP) is 4.25. The van der Waals surface area contributed by atoms with Crippen LogP contribution >= 0.6 is 11.3 Å². The average Bonchev–Trinajstić information content (AvgIpc) is 3.36. The molecule has 1 aromatic carbocycles. The van der Waals surface area contributed by atoms with Crippen LogP contribution < -0.4 is 19.5 Å². The zero-order valence-corrected chi connectivity index (χ0v) is 15.9. The van der Waals surface area contributed by atoms with Crippen molar-refractivity contribution < 1.29 is 14.2 Å². The van der Waals surface area contributed by atoms with Crippen molar-refractivity contribution in [3.63, 3.8) is 0 Å². The molecule has 0 amide bonds. The van der Waals surface area contributed by atoms with Crippen molar-refractivity contribution in [2.75, 3.05) is 26.6 Å². The van der Waals surface area contributed by atoms with Gasteiger partial charge in [-0.3, -0.25) is 4.57 Å². The minimum Gasteiger partial charge on any atom is -0.493 e. The van der Waals surface area contributed by atoms with Crippen LogP contribution in [-0.4, -0.2) is 35.9 Å². The number of thiophene rings is 1. The fourth-order valence-electron chi connectivity index (χ4n) is 2.85. The number of anilines is 2. The molecule has 0 aliphatic carbocycles. The van der Waals surface area contributed by atoms with Gasteiger partial charge < -0.3 is 19.5 Å². The molecule has 0 fully saturated rings. The first-order valence-electron chi connectivity index (χ1n) is 8.18. The first-order valence-corrected chi connectivity index (χ1v) is 9.06. The number of rotatable bonds is 6. The Morgan fingerprint density at radius 3 is 2.44 bits per heavy atom. The number of fused-ring (bicyclic) bond motifs is 1. The number of aromatic nitrogens is 3. The molecule has 27 heavy (non-hydrogen) atoms. The maximum atomic E-state index is 5.39. The Kier molecular flexibility index (Phi) is 4.55. The highest BCUT2D eigenvalue weighted by Crippen LogP contribution is 2.40. The molecule has 3 heterocycles. The standard InChI is InChI=1S/C19H18N4O3S/c1-24-14-9-13(10-15(25-2)17(14)26-3)21-19-20-11-12-6-7-23(18(12)22-19)16-5-4-8-27-16/h4-11H,1-3H3,(H,20,21,22). The van der Waals surface area contributed by atoms with Gasteiger partial charge in [0.15, 0.2) is 17.1 Å². The lowest BCUT2D eigenvalue weighted by Crippen LogP contribution is -2.01. The quantitative estimate of drug-likeness (QED) is 0.538. The van der Waals surface area contributed by atoms with Crippen LogP contribution in [0.1, 0.15) is 0 Å². The fraction of sp³-hybridized carbons (Fsp3) is 0.158. The monoisotopic (exact) mass is 382 g/mol. The lowest BCUT2D eigenvalue weighted by molar-refractivity contribution is 0.324. The van der Waals surface area contributed by atoms with Crippen molar-refractivity contribution in [3.05, 3.63) is 48.1 Å². The molecule has 7 nitrogen and oxygen atoms in total. The second-order valence-corrected chi connectivity index (χ2v) is 6.57. The summed E-state index contributed by atoms with van der Waals surface area (Å²) < 4.78 is 18.2. The van der Waals surface area contributed by atoms with Crippen LogP contribution in [0.2, 0.25) is 0 Å². The van der Waals surface area contributed by atoms with E-state index in [1.165, 1.54) is 0 Å². The third-order valence-corrected chi connectivity index (χ3v) is 4.96. The molecule has 8 heteroatoms. The van der Waals surface area contributed by atoms with Crippen LogP contribution in [0.4, 0.5) is 11.6 Å². The predicted molar refractivity (Wildman–Crippen MR) is 106 cm³/mol. The van der Waals surface area contributed by atoms with Gasteiger partial charge in [0.05, 0.1) is 21.3 Å². The van der Waals surface area contributed by atoms with Crippen molar-refractivity contribution in [2.24, 2.45) is 0 Å². The van der Waals surface area contributed by atoms with Crippen molar-refractivity contribution >= 4 is 34.0 Å². The van der Waals surface area contributed by atoms with Gasteiger partial charge in [-0.05, 0) is 23.6 Å². The molecular formula is C19H18N4O3S. The first-order chi connectivity index (χ1) is 13.2. The van der Waals surface area contributed by atoms with Crippen molar-refractivity contribution in [2.45, 2.75) is 0 Å². The Morgan fingerprint density at radius 2 is 1.81 bits per heavy atom. The van der Waals surface area contributed by atoms with E-state index in [0.717, 1.165) is 21.7 Å². The summed E-state index contributed by atoms with van der Waals surface area (Å²) in [5.74, 6) is 2.13. The molecule has 0 bridgehead atoms. The summed E-state index contributed by atoms with van der Waals surface area (Å²) in [6.45, 7) is 0. The summed E-state index contributed by atoms with van der Waals surface area (Å²) in [6.07, 6.45) is 3.79. The van der Waals surface area contributed by atoms with Crippen molar-refractivity contribution in [3.8, 4) is 22.2 Å². The second kappa shape index (κ2) is 7.16. The second-order valence-electron chi connectivity index (χ2n) is 5.65. The fourth-order valence-corrected chi connectivity index (χ4v) is 3.56. The van der Waals surface area contributed by atoms with E-state index in [-0.39, 0.29) is 0 Å². The maximum absolute atomic E-state index is 5.39. The van der Waals surface area contributed by atoms with E-state index in [1.807, 2.05) is 40.4 Å². The lowest BCUT2D eigenvalue weighted by Gasteiger charge is -2.14. The minimum absolute atomic E-state index is 0.480. The summed E-state index contributed by atoms with van der Waals surface area (Å²) in [5.41, 5.74) is 1.57. The number of nitrogens with one attached hydrogen (secondary N) is 1. The smallest absolute Gasteiger partial charge is 0.229 e. The van der Waals surface area contributed by atoms with Gasteiger partial charge in [-0.15, -0.1) is 11.3 Å². The van der Waals surface area contributed by atoms with E-state index in [1.54, 1.807) is 38.9 Å². The van der Waals surface area contributed by atoms with Crippen molar-refractivity contribution in [1.29, 1.82) is 0 Å². The number of benzene rings is 1. The van der Waals surface area contributed by atoms with Gasteiger partial charge in [0.1, 0.15) is 5.00 Å². The normalized spacial score (nSPS) is 10.8. The summed E-state index contributed by atoms with van der Waals surface area (Å²) in [4.78, 5) is 9.08. The SMILES string of the molecule is COc1cc(Nc2ncc3ccn(-c4cccs4)c3n2)cc(OC)c1OC. The summed E-state index contributed by atoms with van der Waals surface area (Å²) in [7, 11) is 4.73. The van der Waals surface area contributed by atoms with Crippen molar-refractivity contribution in [1.82, 2.24) is 14.5 Å². The summed E-state index contributed by atoms with van der Waals surface area (Å²) in [6, 6.07) is 9.69. The van der Waals surface area contributed by atoms with Gasteiger partial charge in [0, 0.05) is 35.6 Å². The molecule has 0 saturated heterocycles. The third-order valence-electron chi connectivity index (χ3n) is 4.09. The molecule has 0 radical (unpaired) electrons. The number of methoxy groups -OCH3 is 3. The molecule has 0 unspecified atom stereocenters. The average molecular weight is 382 g/mol. The lowest BCUT2D eigenvalue weighted by atomic mass is 10.2. The number of hydrogen-bond donors (Lipinski definition) is 1. The Labute approximate surface area is 160 Å². The van der Waals surface area contributed by atoms with Gasteiger partial charge in [-0.2, -0.15) is 4.98 Å². The molecule has 4 aromatic rings. The van der Waals surface area contributed by atoms with Gasteiger partial charge in [0.2, 0.25) is 11.7 Å². The highest BCUT2D eigenvalue weighted by molar-refractivity contribution is 7.12. The van der Waals surface area contributed by atoms with Gasteiger partial charge >= 0.3 is 0 Å². The summed E-state index contributed by atoms with van der Waals surface area (Å²) in [5, 5.41) is 7.32. The minimum atomic E-state index is 0.480. The van der Waals surface area contributed by atoms with Gasteiger partial charge in [-0.1, -0.05) is 0 Å². The Hall–Kier alpha value is -3.26. The van der Waals surface area contributed by atoms with E-state index < -0.39 is 0 Å². The first kappa shape index (κ1) is 17.2. The summed E-state index contributed by atoms with van der Waals surface area (Å²) >= 11 is 1.65. The topological polar surface area (TPSA) is 70.4 Å². The van der Waals surface area contributed by atoms with Gasteiger partial charge in [-0.25, -0.2) is 4.98 Å². The molecule has 0 aliphatic rings. The zero-order valence-electron chi connectivity index (χ0n) is 15.1. The molecule has 0 aliphatic heterocycles. The number of ether oxygens (including phenoxy) is 3. The maximum Gasteiger partial charge on any atom is 0.229 e. The molecule has 4 rings (SSSR count). The largest absolute Gasteiger partial charge is 0.493 e. The van der Waals surface area contributed by atoms with Gasteiger partial charge in [0.25, 0.3) is 0 Å². The number of nitrogens with zero attached hydrogens (tertiary/aromatic N) is 3. The molecule has 3 aromatic heterocycles. The van der Waals surface area contributed by atoms with Crippen LogP contribution in [0, 0.1) is 0 Å². The zero-order chi connectivity index (χ0) is 18.8. The Morgan fingerprint density at radius 1 is 1.04 bits per heavy atom. The third kappa shape index (κ3) is 3.15. The molecule has 0 spiro atoms. The van der Waals surface area contributed by atoms with Crippen LogP contribution in [0.15, 0.2) is 48.1 Å². The molecule has 138 valence electrons. The van der Waals surface area contributed by atoms with Crippen LogP contribution in [0.3, 0.4) is 0 Å². The van der Waals surface area contributed by atoms with E-state index in [4.69, 9.17) is 14.2 Å².